The van der Waals surface area contributed by atoms with Gasteiger partial charge in [-0.3, -0.25) is 13.9 Å². The Morgan fingerprint density at radius 2 is 1.64 bits per heavy atom. The van der Waals surface area contributed by atoms with Gasteiger partial charge in [0.25, 0.3) is 5.56 Å². The van der Waals surface area contributed by atoms with E-state index in [0.29, 0.717) is 28.6 Å². The van der Waals surface area contributed by atoms with Crippen LogP contribution in [0.15, 0.2) is 81.5 Å². The minimum atomic E-state index is -0.419. The van der Waals surface area contributed by atoms with Gasteiger partial charge in [-0.05, 0) is 34.0 Å². The normalized spacial score (nSPS) is 11.5. The summed E-state index contributed by atoms with van der Waals surface area (Å²) in [5.74, 6) is 0.262. The molecule has 166 valence electrons. The van der Waals surface area contributed by atoms with Crippen molar-refractivity contribution in [3.05, 3.63) is 105 Å². The van der Waals surface area contributed by atoms with E-state index in [4.69, 9.17) is 0 Å². The Kier molecular flexibility index (Phi) is 5.38. The molecule has 0 atom stereocenters. The van der Waals surface area contributed by atoms with E-state index < -0.39 is 5.69 Å². The van der Waals surface area contributed by atoms with Gasteiger partial charge in [-0.1, -0.05) is 66.4 Å². The third kappa shape index (κ3) is 3.76. The molecule has 8 heteroatoms. The van der Waals surface area contributed by atoms with E-state index in [9.17, 15) is 14.0 Å². The summed E-state index contributed by atoms with van der Waals surface area (Å²) in [6, 6.07) is 20.5. The standard InChI is InChI=1S/C25H21FN4O2S/c1-28-22-21(23(31)29(2)25(28)32)30(14-18-8-5-7-17-6-3-4-9-20(17)18)24(27-22)33-15-16-10-12-19(26)13-11-16/h3-13H,14-15H2,1-2H3. The highest BCUT2D eigenvalue weighted by Crippen LogP contribution is 2.28. The molecule has 0 bridgehead atoms. The van der Waals surface area contributed by atoms with Crippen LogP contribution < -0.4 is 11.2 Å². The molecule has 0 spiro atoms. The third-order valence-corrected chi connectivity index (χ3v) is 6.85. The quantitative estimate of drug-likeness (QED) is 0.371. The van der Waals surface area contributed by atoms with Crippen LogP contribution in [0.25, 0.3) is 21.9 Å². The number of imidazole rings is 1. The van der Waals surface area contributed by atoms with E-state index in [1.165, 1.54) is 35.5 Å². The molecule has 0 saturated heterocycles. The minimum Gasteiger partial charge on any atom is -0.309 e. The smallest absolute Gasteiger partial charge is 0.309 e. The largest absolute Gasteiger partial charge is 0.332 e. The number of fused-ring (bicyclic) bond motifs is 2. The monoisotopic (exact) mass is 460 g/mol. The molecule has 0 saturated carbocycles. The van der Waals surface area contributed by atoms with Crippen molar-refractivity contribution in [1.29, 1.82) is 0 Å². The number of thioether (sulfide) groups is 1. The zero-order valence-electron chi connectivity index (χ0n) is 18.2. The van der Waals surface area contributed by atoms with Crippen molar-refractivity contribution in [2.75, 3.05) is 0 Å². The molecule has 0 fully saturated rings. The van der Waals surface area contributed by atoms with Gasteiger partial charge in [0.2, 0.25) is 0 Å². The molecule has 5 aromatic rings. The van der Waals surface area contributed by atoms with E-state index in [1.807, 2.05) is 28.8 Å². The molecule has 0 aliphatic heterocycles. The molecule has 33 heavy (non-hydrogen) atoms. The fourth-order valence-corrected chi connectivity index (χ4v) is 4.96. The van der Waals surface area contributed by atoms with Crippen LogP contribution in [-0.4, -0.2) is 18.7 Å². The summed E-state index contributed by atoms with van der Waals surface area (Å²) < 4.78 is 17.7. The molecule has 2 aromatic heterocycles. The molecule has 0 N–H and O–H groups in total. The van der Waals surface area contributed by atoms with Crippen LogP contribution in [0.1, 0.15) is 11.1 Å². The van der Waals surface area contributed by atoms with Crippen LogP contribution in [0.3, 0.4) is 0 Å². The summed E-state index contributed by atoms with van der Waals surface area (Å²) in [7, 11) is 3.10. The molecule has 0 aliphatic carbocycles. The number of nitrogens with zero attached hydrogens (tertiary/aromatic N) is 4. The number of rotatable bonds is 5. The maximum absolute atomic E-state index is 13.3. The molecule has 0 amide bonds. The Hall–Kier alpha value is -3.65. The lowest BCUT2D eigenvalue weighted by atomic mass is 10.0. The van der Waals surface area contributed by atoms with Crippen molar-refractivity contribution < 1.29 is 4.39 Å². The van der Waals surface area contributed by atoms with Gasteiger partial charge in [0.1, 0.15) is 5.82 Å². The lowest BCUT2D eigenvalue weighted by Crippen LogP contribution is -2.37. The summed E-state index contributed by atoms with van der Waals surface area (Å²) >= 11 is 1.45. The first-order chi connectivity index (χ1) is 15.9. The average molecular weight is 461 g/mol. The number of hydrogen-bond acceptors (Lipinski definition) is 4. The fraction of sp³-hybridized carbons (Fsp3) is 0.160. The van der Waals surface area contributed by atoms with Gasteiger partial charge >= 0.3 is 5.69 Å². The van der Waals surface area contributed by atoms with Crippen molar-refractivity contribution in [3.63, 3.8) is 0 Å². The first-order valence-corrected chi connectivity index (χ1v) is 11.4. The lowest BCUT2D eigenvalue weighted by Gasteiger charge is -2.12. The van der Waals surface area contributed by atoms with Crippen LogP contribution in [0, 0.1) is 5.82 Å². The molecule has 6 nitrogen and oxygen atoms in total. The molecule has 0 unspecified atom stereocenters. The van der Waals surface area contributed by atoms with E-state index in [0.717, 1.165) is 26.5 Å². The van der Waals surface area contributed by atoms with Gasteiger partial charge in [-0.25, -0.2) is 14.2 Å². The van der Waals surface area contributed by atoms with Crippen molar-refractivity contribution >= 4 is 33.7 Å². The summed E-state index contributed by atoms with van der Waals surface area (Å²) in [4.78, 5) is 30.3. The van der Waals surface area contributed by atoms with E-state index in [1.54, 1.807) is 19.2 Å². The zero-order valence-corrected chi connectivity index (χ0v) is 19.0. The number of aryl methyl sites for hydroxylation is 1. The van der Waals surface area contributed by atoms with Gasteiger partial charge in [0, 0.05) is 19.8 Å². The Morgan fingerprint density at radius 1 is 0.909 bits per heavy atom. The Bertz CT molecular complexity index is 1610. The SMILES string of the molecule is Cn1c(=O)c2c(nc(SCc3ccc(F)cc3)n2Cc2cccc3ccccc23)n(C)c1=O. The zero-order chi connectivity index (χ0) is 23.1. The van der Waals surface area contributed by atoms with Crippen molar-refractivity contribution in [2.45, 2.75) is 17.5 Å². The highest BCUT2D eigenvalue weighted by molar-refractivity contribution is 7.98. The third-order valence-electron chi connectivity index (χ3n) is 5.80. The molecule has 0 aliphatic rings. The summed E-state index contributed by atoms with van der Waals surface area (Å²) in [5.41, 5.74) is 1.92. The van der Waals surface area contributed by atoms with E-state index >= 15 is 0 Å². The number of halogens is 1. The van der Waals surface area contributed by atoms with Gasteiger partial charge in [0.05, 0.1) is 6.54 Å². The first kappa shape index (κ1) is 21.2. The van der Waals surface area contributed by atoms with Crippen LogP contribution >= 0.6 is 11.8 Å². The van der Waals surface area contributed by atoms with Crippen LogP contribution in [0.4, 0.5) is 4.39 Å². The predicted molar refractivity (Wildman–Crippen MR) is 129 cm³/mol. The Balaban J connectivity index is 1.67. The van der Waals surface area contributed by atoms with Crippen molar-refractivity contribution in [1.82, 2.24) is 18.7 Å². The molecule has 5 rings (SSSR count). The second-order valence-corrected chi connectivity index (χ2v) is 8.85. The van der Waals surface area contributed by atoms with Crippen LogP contribution in [-0.2, 0) is 26.4 Å². The minimum absolute atomic E-state index is 0.287. The second-order valence-electron chi connectivity index (χ2n) is 7.91. The van der Waals surface area contributed by atoms with Crippen LogP contribution in [0.5, 0.6) is 0 Å². The first-order valence-electron chi connectivity index (χ1n) is 10.4. The summed E-state index contributed by atoms with van der Waals surface area (Å²) in [6.45, 7) is 0.428. The van der Waals surface area contributed by atoms with E-state index in [2.05, 4.69) is 23.2 Å². The maximum Gasteiger partial charge on any atom is 0.332 e. The molecule has 3 aromatic carbocycles. The summed E-state index contributed by atoms with van der Waals surface area (Å²) in [6.07, 6.45) is 0. The highest BCUT2D eigenvalue weighted by atomic mass is 32.2. The highest BCUT2D eigenvalue weighted by Gasteiger charge is 2.20. The Morgan fingerprint density at radius 3 is 2.42 bits per heavy atom. The number of benzene rings is 3. The lowest BCUT2D eigenvalue weighted by molar-refractivity contribution is 0.627. The van der Waals surface area contributed by atoms with Crippen molar-refractivity contribution in [3.8, 4) is 0 Å². The summed E-state index contributed by atoms with van der Waals surface area (Å²) in [5, 5.41) is 2.83. The van der Waals surface area contributed by atoms with Crippen molar-refractivity contribution in [2.24, 2.45) is 14.1 Å². The maximum atomic E-state index is 13.3. The fourth-order valence-electron chi connectivity index (χ4n) is 4.01. The van der Waals surface area contributed by atoms with Gasteiger partial charge in [-0.2, -0.15) is 0 Å². The Labute approximate surface area is 192 Å². The second kappa shape index (κ2) is 8.37. The number of aromatic nitrogens is 4. The molecular formula is C25H21FN4O2S. The van der Waals surface area contributed by atoms with Gasteiger partial charge in [0.15, 0.2) is 16.3 Å². The van der Waals surface area contributed by atoms with Gasteiger partial charge < -0.3 is 4.57 Å². The van der Waals surface area contributed by atoms with E-state index in [-0.39, 0.29) is 11.4 Å². The average Bonchev–Trinajstić information content (AvgIpc) is 3.19. The molecule has 2 heterocycles. The predicted octanol–water partition coefficient (Wildman–Crippen LogP) is 4.07. The molecule has 0 radical (unpaired) electrons. The van der Waals surface area contributed by atoms with Gasteiger partial charge in [-0.15, -0.1) is 0 Å². The molecular weight excluding hydrogens is 439 g/mol. The topological polar surface area (TPSA) is 61.8 Å². The van der Waals surface area contributed by atoms with Crippen LogP contribution in [0.2, 0.25) is 0 Å². The number of hydrogen-bond donors (Lipinski definition) is 0.